The molecule has 2 aromatic rings. The molecule has 0 saturated carbocycles. The van der Waals surface area contributed by atoms with Crippen LogP contribution in [-0.2, 0) is 10.8 Å². The normalized spacial score (nSPS) is 12.6. The molecule has 20 heavy (non-hydrogen) atoms. The summed E-state index contributed by atoms with van der Waals surface area (Å²) in [6, 6.07) is 1.26. The maximum Gasteiger partial charge on any atom is 0.205 e. The van der Waals surface area contributed by atoms with Gasteiger partial charge in [-0.25, -0.2) is 0 Å². The lowest BCUT2D eigenvalue weighted by Crippen LogP contribution is -2.19. The third-order valence-corrected chi connectivity index (χ3v) is 4.23. The lowest BCUT2D eigenvalue weighted by molar-refractivity contribution is 0.101. The summed E-state index contributed by atoms with van der Waals surface area (Å²) >= 11 is 11.7. The Morgan fingerprint density at radius 2 is 1.95 bits per heavy atom. The molecule has 0 amide bonds. The Labute approximate surface area is 126 Å². The molecule has 1 aromatic heterocycles. The summed E-state index contributed by atoms with van der Waals surface area (Å²) in [5.74, 6) is -1.03. The Balaban J connectivity index is 3.15. The molecule has 0 spiro atoms. The number of hydrogen-bond acceptors (Lipinski definition) is 4. The average molecular weight is 334 g/mol. The van der Waals surface area contributed by atoms with E-state index in [0.29, 0.717) is 0 Å². The number of phenols is 1. The number of aromatic amines is 1. The molecule has 2 N–H and O–H groups in total. The first-order valence-corrected chi connectivity index (χ1v) is 7.68. The van der Waals surface area contributed by atoms with E-state index in [9.17, 15) is 18.9 Å². The number of benzene rings is 1. The van der Waals surface area contributed by atoms with Crippen LogP contribution in [-0.4, -0.2) is 26.3 Å². The Kier molecular flexibility index (Phi) is 3.90. The number of aromatic nitrogens is 1. The molecule has 0 radical (unpaired) electrons. The minimum Gasteiger partial charge on any atom is -0.506 e. The fraction of sp³-hybridized carbons (Fsp3) is 0.167. The maximum atomic E-state index is 12.4. The number of halogens is 2. The molecule has 0 fully saturated rings. The molecule has 5 nitrogen and oxygen atoms in total. The highest BCUT2D eigenvalue weighted by molar-refractivity contribution is 7.84. The molecule has 2 rings (SSSR count). The van der Waals surface area contributed by atoms with Crippen LogP contribution in [0.3, 0.4) is 0 Å². The Morgan fingerprint density at radius 3 is 2.45 bits per heavy atom. The van der Waals surface area contributed by atoms with Gasteiger partial charge in [-0.15, -0.1) is 0 Å². The van der Waals surface area contributed by atoms with E-state index < -0.39 is 27.8 Å². The first kappa shape index (κ1) is 15.0. The summed E-state index contributed by atoms with van der Waals surface area (Å²) in [4.78, 5) is 26.7. The van der Waals surface area contributed by atoms with Gasteiger partial charge in [0.2, 0.25) is 5.43 Å². The third kappa shape index (κ3) is 2.24. The topological polar surface area (TPSA) is 87.2 Å². The van der Waals surface area contributed by atoms with Crippen molar-refractivity contribution in [2.24, 2.45) is 0 Å². The number of H-pyrrole nitrogens is 1. The molecule has 0 bridgehead atoms. The van der Waals surface area contributed by atoms with Crippen LogP contribution in [0.2, 0.25) is 10.0 Å². The second kappa shape index (κ2) is 5.20. The van der Waals surface area contributed by atoms with Gasteiger partial charge >= 0.3 is 0 Å². The van der Waals surface area contributed by atoms with Crippen LogP contribution >= 0.6 is 23.2 Å². The van der Waals surface area contributed by atoms with Gasteiger partial charge in [0.05, 0.1) is 37.3 Å². The quantitative estimate of drug-likeness (QED) is 0.826. The molecular weight excluding hydrogens is 325 g/mol. The van der Waals surface area contributed by atoms with Gasteiger partial charge in [-0.3, -0.25) is 13.8 Å². The van der Waals surface area contributed by atoms with E-state index in [1.54, 1.807) is 0 Å². The van der Waals surface area contributed by atoms with Gasteiger partial charge in [-0.1, -0.05) is 23.2 Å². The molecule has 0 saturated heterocycles. The number of carbonyl (C=O) groups is 1. The Morgan fingerprint density at radius 1 is 1.35 bits per heavy atom. The van der Waals surface area contributed by atoms with Crippen LogP contribution in [0.5, 0.6) is 5.75 Å². The molecule has 1 heterocycles. The van der Waals surface area contributed by atoms with Crippen molar-refractivity contribution in [1.82, 2.24) is 4.98 Å². The van der Waals surface area contributed by atoms with Gasteiger partial charge in [0, 0.05) is 6.26 Å². The number of aromatic hydroxyl groups is 1. The van der Waals surface area contributed by atoms with Crippen LogP contribution in [0, 0.1) is 0 Å². The highest BCUT2D eigenvalue weighted by Crippen LogP contribution is 2.35. The van der Waals surface area contributed by atoms with E-state index >= 15 is 0 Å². The van der Waals surface area contributed by atoms with E-state index in [-0.39, 0.29) is 31.5 Å². The summed E-state index contributed by atoms with van der Waals surface area (Å²) in [5, 5.41) is 9.66. The van der Waals surface area contributed by atoms with Gasteiger partial charge in [0.15, 0.2) is 5.78 Å². The van der Waals surface area contributed by atoms with E-state index in [2.05, 4.69) is 4.98 Å². The molecule has 0 aliphatic carbocycles. The molecule has 106 valence electrons. The second-order valence-corrected chi connectivity index (χ2v) is 6.24. The number of ketones is 1. The van der Waals surface area contributed by atoms with Crippen LogP contribution < -0.4 is 5.43 Å². The van der Waals surface area contributed by atoms with Crippen molar-refractivity contribution in [3.63, 3.8) is 0 Å². The predicted octanol–water partition coefficient (Wildman–Crippen LogP) is 2.48. The SMILES string of the molecule is CC(=O)c1c(S(C)=O)[nH]c2c(Cl)cc(Cl)c(O)c2c1=O. The average Bonchev–Trinajstić information content (AvgIpc) is 2.34. The highest BCUT2D eigenvalue weighted by atomic mass is 35.5. The number of pyridine rings is 1. The second-order valence-electron chi connectivity index (χ2n) is 4.11. The molecular formula is C12H9Cl2NO4S. The Hall–Kier alpha value is -1.37. The summed E-state index contributed by atoms with van der Waals surface area (Å²) in [7, 11) is -1.60. The van der Waals surface area contributed by atoms with Crippen LogP contribution in [0.1, 0.15) is 17.3 Å². The number of Topliss-reactive ketones (excluding diaryl/α,β-unsaturated/α-hetero) is 1. The predicted molar refractivity (Wildman–Crippen MR) is 78.6 cm³/mol. The molecule has 1 aromatic carbocycles. The van der Waals surface area contributed by atoms with Crippen LogP contribution in [0.4, 0.5) is 0 Å². The van der Waals surface area contributed by atoms with Gasteiger partial charge in [-0.05, 0) is 13.0 Å². The largest absolute Gasteiger partial charge is 0.506 e. The van der Waals surface area contributed by atoms with Crippen molar-refractivity contribution in [3.05, 3.63) is 31.9 Å². The van der Waals surface area contributed by atoms with E-state index in [1.165, 1.54) is 19.2 Å². The molecule has 1 unspecified atom stereocenters. The lowest BCUT2D eigenvalue weighted by atomic mass is 10.1. The smallest absolute Gasteiger partial charge is 0.205 e. The van der Waals surface area contributed by atoms with Crippen LogP contribution in [0.15, 0.2) is 15.9 Å². The number of nitrogens with one attached hydrogen (secondary N) is 1. The monoisotopic (exact) mass is 333 g/mol. The first-order valence-electron chi connectivity index (χ1n) is 5.37. The summed E-state index contributed by atoms with van der Waals surface area (Å²) in [6.07, 6.45) is 1.33. The number of rotatable bonds is 2. The zero-order valence-corrected chi connectivity index (χ0v) is 12.7. The number of fused-ring (bicyclic) bond motifs is 1. The third-order valence-electron chi connectivity index (χ3n) is 2.76. The molecule has 0 aliphatic heterocycles. The molecule has 0 aliphatic rings. The zero-order valence-electron chi connectivity index (χ0n) is 10.4. The lowest BCUT2D eigenvalue weighted by Gasteiger charge is -2.10. The Bertz CT molecular complexity index is 829. The van der Waals surface area contributed by atoms with Crippen molar-refractivity contribution in [2.45, 2.75) is 11.9 Å². The molecule has 1 atom stereocenters. The van der Waals surface area contributed by atoms with Crippen molar-refractivity contribution in [3.8, 4) is 5.75 Å². The van der Waals surface area contributed by atoms with Crippen molar-refractivity contribution < 1.29 is 14.1 Å². The number of phenolic OH excluding ortho intramolecular Hbond substituents is 1. The van der Waals surface area contributed by atoms with Gasteiger partial charge < -0.3 is 10.1 Å². The van der Waals surface area contributed by atoms with Crippen molar-refractivity contribution >= 4 is 50.7 Å². The van der Waals surface area contributed by atoms with Crippen molar-refractivity contribution in [2.75, 3.05) is 6.26 Å². The highest BCUT2D eigenvalue weighted by Gasteiger charge is 2.22. The summed E-state index contributed by atoms with van der Waals surface area (Å²) in [6.45, 7) is 1.18. The number of carbonyl (C=O) groups excluding carboxylic acids is 1. The van der Waals surface area contributed by atoms with E-state index in [1.807, 2.05) is 0 Å². The van der Waals surface area contributed by atoms with Gasteiger partial charge in [-0.2, -0.15) is 0 Å². The van der Waals surface area contributed by atoms with Gasteiger partial charge in [0.25, 0.3) is 0 Å². The summed E-state index contributed by atoms with van der Waals surface area (Å²) in [5.41, 5.74) is -0.931. The standard InChI is InChI=1S/C12H9Cl2NO4S/c1-4(16)7-11(18)8-9(15-12(7)20(2)19)5(13)3-6(14)10(8)17/h3,17H,1-2H3,(H,15,18). The zero-order chi connectivity index (χ0) is 15.2. The van der Waals surface area contributed by atoms with E-state index in [4.69, 9.17) is 23.2 Å². The fourth-order valence-corrected chi connectivity index (χ4v) is 3.17. The molecule has 8 heteroatoms. The van der Waals surface area contributed by atoms with Gasteiger partial charge in [0.1, 0.15) is 10.8 Å². The number of hydrogen-bond donors (Lipinski definition) is 2. The minimum absolute atomic E-state index is 0.0291. The van der Waals surface area contributed by atoms with Crippen LogP contribution in [0.25, 0.3) is 10.9 Å². The minimum atomic E-state index is -1.60. The van der Waals surface area contributed by atoms with Crippen molar-refractivity contribution in [1.29, 1.82) is 0 Å². The first-order chi connectivity index (χ1) is 9.25. The maximum absolute atomic E-state index is 12.4. The summed E-state index contributed by atoms with van der Waals surface area (Å²) < 4.78 is 11.7. The van der Waals surface area contributed by atoms with E-state index in [0.717, 1.165) is 0 Å². The fourth-order valence-electron chi connectivity index (χ4n) is 1.89.